The number of hydrogen-bond acceptors (Lipinski definition) is 4. The Bertz CT molecular complexity index is 617. The van der Waals surface area contributed by atoms with Crippen LogP contribution in [0.5, 0.6) is 0 Å². The maximum absolute atomic E-state index is 5.74. The van der Waals surface area contributed by atoms with Crippen molar-refractivity contribution in [3.05, 3.63) is 48.5 Å². The molecule has 0 aliphatic carbocycles. The van der Waals surface area contributed by atoms with Gasteiger partial charge in [0, 0.05) is 24.5 Å². The highest BCUT2D eigenvalue weighted by Gasteiger charge is 2.30. The zero-order valence-electron chi connectivity index (χ0n) is 12.4. The van der Waals surface area contributed by atoms with E-state index in [1.807, 2.05) is 12.1 Å². The largest absolute Gasteiger partial charge is 0.399 e. The van der Waals surface area contributed by atoms with Gasteiger partial charge in [-0.3, -0.25) is 0 Å². The van der Waals surface area contributed by atoms with E-state index in [-0.39, 0.29) is 0 Å². The minimum Gasteiger partial charge on any atom is -0.399 e. The van der Waals surface area contributed by atoms with Crippen molar-refractivity contribution in [2.24, 2.45) is 0 Å². The Labute approximate surface area is 130 Å². The first-order chi connectivity index (χ1) is 10.8. The molecule has 2 aromatic carbocycles. The molecule has 2 saturated heterocycles. The Morgan fingerprint density at radius 1 is 0.818 bits per heavy atom. The van der Waals surface area contributed by atoms with Crippen molar-refractivity contribution >= 4 is 11.4 Å². The van der Waals surface area contributed by atoms with Crippen LogP contribution in [0.3, 0.4) is 0 Å². The molecule has 4 nitrogen and oxygen atoms in total. The smallest absolute Gasteiger partial charge is 0.0984 e. The van der Waals surface area contributed by atoms with Crippen LogP contribution in [0.2, 0.25) is 0 Å². The van der Waals surface area contributed by atoms with Crippen molar-refractivity contribution in [2.45, 2.75) is 12.2 Å². The number of rotatable bonds is 6. The number of anilines is 2. The summed E-state index contributed by atoms with van der Waals surface area (Å²) in [6, 6.07) is 16.7. The van der Waals surface area contributed by atoms with Gasteiger partial charge in [-0.25, -0.2) is 0 Å². The highest BCUT2D eigenvalue weighted by molar-refractivity contribution is 5.68. The van der Waals surface area contributed by atoms with Crippen molar-refractivity contribution in [3.63, 3.8) is 0 Å². The Morgan fingerprint density at radius 3 is 1.73 bits per heavy atom. The lowest BCUT2D eigenvalue weighted by molar-refractivity contribution is 0.389. The Balaban J connectivity index is 1.52. The van der Waals surface area contributed by atoms with E-state index in [0.717, 1.165) is 32.0 Å². The molecule has 0 bridgehead atoms. The summed E-state index contributed by atoms with van der Waals surface area (Å²) in [6.45, 7) is 3.65. The van der Waals surface area contributed by atoms with E-state index in [1.54, 1.807) is 0 Å². The third-order valence-electron chi connectivity index (χ3n) is 4.13. The standard InChI is InChI=1S/C18H20N2O2/c19-15-5-1-13(2-6-15)14-3-7-16(8-4-14)20(9-17-11-21-17)10-18-12-22-18/h1-8,17-18H,9-12,19H2. The number of nitrogens with two attached hydrogens (primary N) is 1. The molecule has 2 fully saturated rings. The fourth-order valence-corrected chi connectivity index (χ4v) is 2.66. The van der Waals surface area contributed by atoms with E-state index in [0.29, 0.717) is 12.2 Å². The van der Waals surface area contributed by atoms with E-state index < -0.39 is 0 Å². The second-order valence-corrected chi connectivity index (χ2v) is 5.98. The van der Waals surface area contributed by atoms with Gasteiger partial charge in [-0.05, 0) is 35.4 Å². The second kappa shape index (κ2) is 5.63. The van der Waals surface area contributed by atoms with Gasteiger partial charge < -0.3 is 20.1 Å². The average Bonchev–Trinajstić information content (AvgIpc) is 3.44. The molecular weight excluding hydrogens is 276 g/mol. The van der Waals surface area contributed by atoms with E-state index in [1.165, 1.54) is 16.8 Å². The SMILES string of the molecule is Nc1ccc(-c2ccc(N(CC3CO3)CC3CO3)cc2)cc1. The summed E-state index contributed by atoms with van der Waals surface area (Å²) in [7, 11) is 0. The van der Waals surface area contributed by atoms with Crippen LogP contribution in [0.25, 0.3) is 11.1 Å². The third-order valence-corrected chi connectivity index (χ3v) is 4.13. The second-order valence-electron chi connectivity index (χ2n) is 5.98. The lowest BCUT2D eigenvalue weighted by Crippen LogP contribution is -2.31. The van der Waals surface area contributed by atoms with Gasteiger partial charge >= 0.3 is 0 Å². The Morgan fingerprint density at radius 2 is 1.27 bits per heavy atom. The Hall–Kier alpha value is -2.04. The maximum atomic E-state index is 5.74. The molecule has 0 spiro atoms. The van der Waals surface area contributed by atoms with Gasteiger partial charge in [0.25, 0.3) is 0 Å². The maximum Gasteiger partial charge on any atom is 0.0984 e. The monoisotopic (exact) mass is 296 g/mol. The fourth-order valence-electron chi connectivity index (χ4n) is 2.66. The van der Waals surface area contributed by atoms with Gasteiger partial charge in [-0.1, -0.05) is 24.3 Å². The van der Waals surface area contributed by atoms with Gasteiger partial charge in [0.1, 0.15) is 0 Å². The van der Waals surface area contributed by atoms with Crippen molar-refractivity contribution < 1.29 is 9.47 Å². The molecule has 2 atom stereocenters. The van der Waals surface area contributed by atoms with Crippen LogP contribution in [0.15, 0.2) is 48.5 Å². The van der Waals surface area contributed by atoms with Gasteiger partial charge in [0.15, 0.2) is 0 Å². The number of benzene rings is 2. The molecule has 114 valence electrons. The summed E-state index contributed by atoms with van der Waals surface area (Å²) < 4.78 is 10.7. The van der Waals surface area contributed by atoms with Crippen LogP contribution < -0.4 is 10.6 Å². The third kappa shape index (κ3) is 3.24. The quantitative estimate of drug-likeness (QED) is 0.657. The summed E-state index contributed by atoms with van der Waals surface area (Å²) in [4.78, 5) is 2.36. The number of nitrogens with zero attached hydrogens (tertiary/aromatic N) is 1. The number of ether oxygens (including phenoxy) is 2. The van der Waals surface area contributed by atoms with Gasteiger partial charge in [0.2, 0.25) is 0 Å². The molecule has 2 unspecified atom stereocenters. The minimum absolute atomic E-state index is 0.385. The van der Waals surface area contributed by atoms with Crippen LogP contribution in [-0.4, -0.2) is 38.5 Å². The van der Waals surface area contributed by atoms with Crippen molar-refractivity contribution in [1.82, 2.24) is 0 Å². The van der Waals surface area contributed by atoms with E-state index in [2.05, 4.69) is 41.3 Å². The first-order valence-electron chi connectivity index (χ1n) is 7.72. The fraction of sp³-hybridized carbons (Fsp3) is 0.333. The van der Waals surface area contributed by atoms with Crippen LogP contribution in [0, 0.1) is 0 Å². The summed E-state index contributed by atoms with van der Waals surface area (Å²) in [5.74, 6) is 0. The lowest BCUT2D eigenvalue weighted by Gasteiger charge is -2.23. The normalized spacial score (nSPS) is 22.4. The van der Waals surface area contributed by atoms with Crippen LogP contribution in [-0.2, 0) is 9.47 Å². The number of hydrogen-bond donors (Lipinski definition) is 1. The predicted octanol–water partition coefficient (Wildman–Crippen LogP) is 2.54. The molecule has 2 aliphatic heterocycles. The molecule has 2 aliphatic rings. The van der Waals surface area contributed by atoms with Crippen molar-refractivity contribution in [3.8, 4) is 11.1 Å². The van der Waals surface area contributed by atoms with Crippen molar-refractivity contribution in [1.29, 1.82) is 0 Å². The molecule has 0 amide bonds. The Kier molecular flexibility index (Phi) is 3.48. The molecular formula is C18H20N2O2. The number of nitrogen functional groups attached to an aromatic ring is 1. The lowest BCUT2D eigenvalue weighted by atomic mass is 10.0. The molecule has 0 saturated carbocycles. The summed E-state index contributed by atoms with van der Waals surface area (Å²) in [5.41, 5.74) is 10.1. The number of epoxide rings is 2. The highest BCUT2D eigenvalue weighted by atomic mass is 16.6. The van der Waals surface area contributed by atoms with E-state index in [4.69, 9.17) is 15.2 Å². The average molecular weight is 296 g/mol. The first-order valence-corrected chi connectivity index (χ1v) is 7.72. The van der Waals surface area contributed by atoms with Gasteiger partial charge in [0.05, 0.1) is 25.4 Å². The summed E-state index contributed by atoms with van der Waals surface area (Å²) in [5, 5.41) is 0. The highest BCUT2D eigenvalue weighted by Crippen LogP contribution is 2.26. The van der Waals surface area contributed by atoms with Gasteiger partial charge in [-0.2, -0.15) is 0 Å². The molecule has 4 rings (SSSR count). The first kappa shape index (κ1) is 13.6. The molecule has 0 radical (unpaired) electrons. The molecule has 0 aromatic heterocycles. The van der Waals surface area contributed by atoms with E-state index in [9.17, 15) is 0 Å². The topological polar surface area (TPSA) is 54.3 Å². The molecule has 2 N–H and O–H groups in total. The van der Waals surface area contributed by atoms with Crippen molar-refractivity contribution in [2.75, 3.05) is 36.9 Å². The van der Waals surface area contributed by atoms with Crippen LogP contribution in [0.1, 0.15) is 0 Å². The van der Waals surface area contributed by atoms with E-state index >= 15 is 0 Å². The van der Waals surface area contributed by atoms with Gasteiger partial charge in [-0.15, -0.1) is 0 Å². The molecule has 2 heterocycles. The zero-order chi connectivity index (χ0) is 14.9. The predicted molar refractivity (Wildman–Crippen MR) is 88.0 cm³/mol. The molecule has 22 heavy (non-hydrogen) atoms. The minimum atomic E-state index is 0.385. The van der Waals surface area contributed by atoms with Crippen LogP contribution >= 0.6 is 0 Å². The molecule has 4 heteroatoms. The summed E-state index contributed by atoms with van der Waals surface area (Å²) in [6.07, 6.45) is 0.769. The van der Waals surface area contributed by atoms with Crippen LogP contribution in [0.4, 0.5) is 11.4 Å². The summed E-state index contributed by atoms with van der Waals surface area (Å²) >= 11 is 0. The zero-order valence-corrected chi connectivity index (χ0v) is 12.4. The molecule has 2 aromatic rings.